The van der Waals surface area contributed by atoms with Gasteiger partial charge in [0.15, 0.2) is 0 Å². The molecule has 4 nitrogen and oxygen atoms in total. The quantitative estimate of drug-likeness (QED) is 0.731. The van der Waals surface area contributed by atoms with Crippen LogP contribution in [0.25, 0.3) is 10.8 Å². The van der Waals surface area contributed by atoms with Gasteiger partial charge in [0, 0.05) is 19.5 Å². The van der Waals surface area contributed by atoms with E-state index in [1.807, 2.05) is 18.2 Å². The van der Waals surface area contributed by atoms with Crippen LogP contribution in [-0.4, -0.2) is 13.0 Å². The molecule has 1 unspecified atom stereocenters. The third-order valence-corrected chi connectivity index (χ3v) is 3.12. The molecule has 0 radical (unpaired) electrons. The first kappa shape index (κ1) is 13.5. The van der Waals surface area contributed by atoms with Gasteiger partial charge in [-0.2, -0.15) is 0 Å². The maximum absolute atomic E-state index is 11.5. The lowest BCUT2D eigenvalue weighted by Gasteiger charge is -2.13. The Hall–Kier alpha value is -1.91. The van der Waals surface area contributed by atoms with E-state index < -0.39 is 0 Å². The zero-order valence-corrected chi connectivity index (χ0v) is 11.2. The van der Waals surface area contributed by atoms with Crippen molar-refractivity contribution in [2.24, 2.45) is 5.73 Å². The highest BCUT2D eigenvalue weighted by Crippen LogP contribution is 2.22. The third-order valence-electron chi connectivity index (χ3n) is 3.12. The van der Waals surface area contributed by atoms with E-state index >= 15 is 0 Å². The van der Waals surface area contributed by atoms with Crippen molar-refractivity contribution in [3.63, 3.8) is 0 Å². The van der Waals surface area contributed by atoms with E-state index in [1.54, 1.807) is 7.05 Å². The number of nitrogens with one attached hydrogen (secondary N) is 2. The lowest BCUT2D eigenvalue weighted by molar-refractivity contribution is -0.122. The molecule has 1 atom stereocenters. The van der Waals surface area contributed by atoms with Crippen molar-refractivity contribution >= 4 is 16.7 Å². The first-order valence-electron chi connectivity index (χ1n) is 6.31. The molecule has 0 aliphatic rings. The molecule has 0 aliphatic carbocycles. The summed E-state index contributed by atoms with van der Waals surface area (Å²) >= 11 is 0. The van der Waals surface area contributed by atoms with Crippen molar-refractivity contribution in [3.05, 3.63) is 47.5 Å². The van der Waals surface area contributed by atoms with Gasteiger partial charge in [0.1, 0.15) is 0 Å². The maximum atomic E-state index is 11.5. The number of carbonyl (C=O) groups is 1. The van der Waals surface area contributed by atoms with Gasteiger partial charge in [0.25, 0.3) is 0 Å². The summed E-state index contributed by atoms with van der Waals surface area (Å²) < 4.78 is 0. The molecular formula is C15H19N3O. The van der Waals surface area contributed by atoms with Gasteiger partial charge in [-0.25, -0.2) is 5.43 Å². The highest BCUT2D eigenvalue weighted by Gasteiger charge is 2.11. The Labute approximate surface area is 113 Å². The highest BCUT2D eigenvalue weighted by atomic mass is 16.2. The first-order valence-corrected chi connectivity index (χ1v) is 6.31. The number of aryl methyl sites for hydroxylation is 1. The van der Waals surface area contributed by atoms with Crippen LogP contribution < -0.4 is 16.6 Å². The van der Waals surface area contributed by atoms with Gasteiger partial charge in [-0.05, 0) is 29.3 Å². The van der Waals surface area contributed by atoms with E-state index in [0.29, 0.717) is 0 Å². The largest absolute Gasteiger partial charge is 0.324 e. The molecule has 0 bridgehead atoms. The standard InChI is InChI=1S/C15H19N3O/c1-10-3-4-12-8-13(6-5-11(12)7-10)14(16)9-15(19)18-17-2/h3-8,14,17H,9,16H2,1-2H3,(H,18,19). The summed E-state index contributed by atoms with van der Waals surface area (Å²) in [6.07, 6.45) is 0.262. The Balaban J connectivity index is 2.20. The molecule has 0 saturated heterocycles. The van der Waals surface area contributed by atoms with Crippen molar-refractivity contribution in [1.29, 1.82) is 0 Å². The molecule has 4 N–H and O–H groups in total. The molecule has 0 saturated carbocycles. The minimum absolute atomic E-state index is 0.112. The molecule has 2 rings (SSSR count). The van der Waals surface area contributed by atoms with Crippen LogP contribution in [0.4, 0.5) is 0 Å². The fourth-order valence-corrected chi connectivity index (χ4v) is 2.12. The number of benzene rings is 2. The van der Waals surface area contributed by atoms with Gasteiger partial charge in [-0.15, -0.1) is 0 Å². The molecule has 1 amide bonds. The number of rotatable bonds is 4. The number of hydrogen-bond donors (Lipinski definition) is 3. The van der Waals surface area contributed by atoms with Crippen LogP contribution in [0, 0.1) is 6.92 Å². The van der Waals surface area contributed by atoms with E-state index in [9.17, 15) is 4.79 Å². The van der Waals surface area contributed by atoms with Crippen LogP contribution in [-0.2, 0) is 4.79 Å². The van der Waals surface area contributed by atoms with Crippen LogP contribution in [0.1, 0.15) is 23.6 Å². The summed E-state index contributed by atoms with van der Waals surface area (Å²) in [5.74, 6) is -0.112. The predicted octanol–water partition coefficient (Wildman–Crippen LogP) is 1.79. The lowest BCUT2D eigenvalue weighted by atomic mass is 9.99. The smallest absolute Gasteiger partial charge is 0.235 e. The van der Waals surface area contributed by atoms with E-state index in [1.165, 1.54) is 10.9 Å². The second kappa shape index (κ2) is 5.82. The Morgan fingerprint density at radius 3 is 2.63 bits per heavy atom. The SMILES string of the molecule is CNNC(=O)CC(N)c1ccc2cc(C)ccc2c1. The molecule has 0 aliphatic heterocycles. The van der Waals surface area contributed by atoms with E-state index in [-0.39, 0.29) is 18.4 Å². The summed E-state index contributed by atoms with van der Waals surface area (Å²) in [4.78, 5) is 11.5. The molecule has 100 valence electrons. The average Bonchev–Trinajstić information content (AvgIpc) is 2.38. The zero-order chi connectivity index (χ0) is 13.8. The van der Waals surface area contributed by atoms with Crippen molar-refractivity contribution < 1.29 is 4.79 Å². The van der Waals surface area contributed by atoms with Crippen LogP contribution in [0.2, 0.25) is 0 Å². The van der Waals surface area contributed by atoms with Gasteiger partial charge in [-0.1, -0.05) is 35.9 Å². The van der Waals surface area contributed by atoms with Gasteiger partial charge >= 0.3 is 0 Å². The van der Waals surface area contributed by atoms with Crippen molar-refractivity contribution in [3.8, 4) is 0 Å². The monoisotopic (exact) mass is 257 g/mol. The summed E-state index contributed by atoms with van der Waals surface area (Å²) in [7, 11) is 1.65. The molecule has 0 spiro atoms. The van der Waals surface area contributed by atoms with E-state index in [4.69, 9.17) is 5.73 Å². The van der Waals surface area contributed by atoms with E-state index in [0.717, 1.165) is 10.9 Å². The maximum Gasteiger partial charge on any atom is 0.235 e. The summed E-state index contributed by atoms with van der Waals surface area (Å²) in [6.45, 7) is 2.07. The fourth-order valence-electron chi connectivity index (χ4n) is 2.12. The molecule has 4 heteroatoms. The molecule has 0 aromatic heterocycles. The number of hydrazine groups is 1. The summed E-state index contributed by atoms with van der Waals surface area (Å²) in [5, 5.41) is 2.34. The highest BCUT2D eigenvalue weighted by molar-refractivity contribution is 5.84. The molecule has 2 aromatic carbocycles. The van der Waals surface area contributed by atoms with Gasteiger partial charge in [-0.3, -0.25) is 10.2 Å². The van der Waals surface area contributed by atoms with Crippen LogP contribution >= 0.6 is 0 Å². The van der Waals surface area contributed by atoms with E-state index in [2.05, 4.69) is 36.0 Å². The lowest BCUT2D eigenvalue weighted by Crippen LogP contribution is -2.36. The minimum Gasteiger partial charge on any atom is -0.324 e. The topological polar surface area (TPSA) is 67.1 Å². The number of nitrogens with two attached hydrogens (primary N) is 1. The number of amides is 1. The Bertz CT molecular complexity index is 595. The Morgan fingerprint density at radius 2 is 1.89 bits per heavy atom. The molecular weight excluding hydrogens is 238 g/mol. The van der Waals surface area contributed by atoms with Gasteiger partial charge in [0.2, 0.25) is 5.91 Å². The first-order chi connectivity index (χ1) is 9.10. The van der Waals surface area contributed by atoms with Crippen LogP contribution in [0.5, 0.6) is 0 Å². The average molecular weight is 257 g/mol. The predicted molar refractivity (Wildman–Crippen MR) is 77.4 cm³/mol. The Kier molecular flexibility index (Phi) is 4.14. The summed E-state index contributed by atoms with van der Waals surface area (Å²) in [5.41, 5.74) is 13.4. The summed E-state index contributed by atoms with van der Waals surface area (Å²) in [6, 6.07) is 12.1. The third kappa shape index (κ3) is 3.30. The number of hydrogen-bond acceptors (Lipinski definition) is 3. The number of fused-ring (bicyclic) bond motifs is 1. The van der Waals surface area contributed by atoms with Crippen molar-refractivity contribution in [2.75, 3.05) is 7.05 Å². The fraction of sp³-hybridized carbons (Fsp3) is 0.267. The molecule has 0 heterocycles. The Morgan fingerprint density at radius 1 is 1.21 bits per heavy atom. The second-order valence-corrected chi connectivity index (χ2v) is 4.72. The van der Waals surface area contributed by atoms with Crippen molar-refractivity contribution in [1.82, 2.24) is 10.9 Å². The van der Waals surface area contributed by atoms with Crippen LogP contribution in [0.15, 0.2) is 36.4 Å². The zero-order valence-electron chi connectivity index (χ0n) is 11.2. The molecule has 0 fully saturated rings. The van der Waals surface area contributed by atoms with Gasteiger partial charge < -0.3 is 5.73 Å². The second-order valence-electron chi connectivity index (χ2n) is 4.72. The van der Waals surface area contributed by atoms with Gasteiger partial charge in [0.05, 0.1) is 0 Å². The van der Waals surface area contributed by atoms with Crippen molar-refractivity contribution in [2.45, 2.75) is 19.4 Å². The van der Waals surface area contributed by atoms with Crippen LogP contribution in [0.3, 0.4) is 0 Å². The number of carbonyl (C=O) groups excluding carboxylic acids is 1. The minimum atomic E-state index is -0.293. The normalized spacial score (nSPS) is 12.4. The molecule has 2 aromatic rings. The molecule has 19 heavy (non-hydrogen) atoms.